The van der Waals surface area contributed by atoms with Crippen molar-refractivity contribution in [1.82, 2.24) is 0 Å². The second kappa shape index (κ2) is 7.49. The summed E-state index contributed by atoms with van der Waals surface area (Å²) in [5, 5.41) is 8.32. The van der Waals surface area contributed by atoms with E-state index in [1.165, 1.54) is 0 Å². The van der Waals surface area contributed by atoms with Gasteiger partial charge in [0, 0.05) is 0 Å². The third-order valence-electron chi connectivity index (χ3n) is 3.65. The van der Waals surface area contributed by atoms with E-state index >= 15 is 0 Å². The first kappa shape index (κ1) is 15.2. The number of rotatable bonds is 5. The summed E-state index contributed by atoms with van der Waals surface area (Å²) in [6.07, 6.45) is 8.20. The van der Waals surface area contributed by atoms with E-state index in [2.05, 4.69) is 22.4 Å². The van der Waals surface area contributed by atoms with E-state index in [0.717, 1.165) is 31.2 Å². The predicted molar refractivity (Wildman–Crippen MR) is 89.9 cm³/mol. The molecule has 4 heteroatoms. The van der Waals surface area contributed by atoms with E-state index in [1.54, 1.807) is 18.2 Å². The van der Waals surface area contributed by atoms with Crippen molar-refractivity contribution in [2.75, 3.05) is 0 Å². The van der Waals surface area contributed by atoms with Crippen LogP contribution in [0.5, 0.6) is 5.75 Å². The minimum Gasteiger partial charge on any atom is -0.486 e. The number of benzene rings is 2. The molecule has 0 aliphatic heterocycles. The highest BCUT2D eigenvalue weighted by Crippen LogP contribution is 2.27. The summed E-state index contributed by atoms with van der Waals surface area (Å²) < 4.78 is 5.90. The van der Waals surface area contributed by atoms with Crippen LogP contribution in [0.2, 0.25) is 0 Å². The zero-order valence-electron chi connectivity index (χ0n) is 12.8. The van der Waals surface area contributed by atoms with E-state index in [1.807, 2.05) is 30.3 Å². The lowest BCUT2D eigenvalue weighted by atomic mass is 10.1. The predicted octanol–water partition coefficient (Wildman–Crippen LogP) is 5.40. The molecule has 0 saturated carbocycles. The molecule has 0 bridgehead atoms. The van der Waals surface area contributed by atoms with Crippen molar-refractivity contribution in [2.24, 2.45) is 10.2 Å². The number of ether oxygens (including phenoxy) is 1. The average Bonchev–Trinajstić information content (AvgIpc) is 2.62. The van der Waals surface area contributed by atoms with Crippen molar-refractivity contribution in [1.29, 1.82) is 0 Å². The Morgan fingerprint density at radius 1 is 1.04 bits per heavy atom. The van der Waals surface area contributed by atoms with Gasteiger partial charge in [0.25, 0.3) is 0 Å². The number of hydrogen-bond donors (Lipinski definition) is 0. The van der Waals surface area contributed by atoms with Gasteiger partial charge in [-0.25, -0.2) is 0 Å². The number of azo groups is 1. The fourth-order valence-corrected chi connectivity index (χ4v) is 2.45. The number of carbonyl (C=O) groups is 1. The lowest BCUT2D eigenvalue weighted by Gasteiger charge is -2.19. The Labute approximate surface area is 135 Å². The van der Waals surface area contributed by atoms with Crippen LogP contribution >= 0.6 is 0 Å². The number of aldehydes is 1. The highest BCUT2D eigenvalue weighted by Gasteiger charge is 2.12. The van der Waals surface area contributed by atoms with Gasteiger partial charge in [-0.15, -0.1) is 0 Å². The Morgan fingerprint density at radius 2 is 1.87 bits per heavy atom. The molecule has 0 saturated heterocycles. The van der Waals surface area contributed by atoms with Crippen molar-refractivity contribution >= 4 is 17.7 Å². The van der Waals surface area contributed by atoms with E-state index < -0.39 is 0 Å². The molecule has 0 heterocycles. The highest BCUT2D eigenvalue weighted by molar-refractivity contribution is 5.81. The molecule has 0 amide bonds. The summed E-state index contributed by atoms with van der Waals surface area (Å²) in [7, 11) is 0. The molecule has 2 aromatic rings. The third-order valence-corrected chi connectivity index (χ3v) is 3.65. The van der Waals surface area contributed by atoms with Crippen LogP contribution in [0.3, 0.4) is 0 Å². The van der Waals surface area contributed by atoms with Crippen molar-refractivity contribution < 1.29 is 9.53 Å². The van der Waals surface area contributed by atoms with Gasteiger partial charge in [-0.1, -0.05) is 24.3 Å². The molecule has 0 fully saturated rings. The van der Waals surface area contributed by atoms with Crippen LogP contribution in [0.25, 0.3) is 0 Å². The first-order valence-electron chi connectivity index (χ1n) is 7.74. The smallest absolute Gasteiger partial charge is 0.153 e. The van der Waals surface area contributed by atoms with Crippen LogP contribution in [-0.2, 0) is 0 Å². The molecule has 0 aromatic heterocycles. The topological polar surface area (TPSA) is 51.0 Å². The number of nitrogens with zero attached hydrogens (tertiary/aromatic N) is 2. The van der Waals surface area contributed by atoms with Crippen LogP contribution in [-0.4, -0.2) is 12.4 Å². The van der Waals surface area contributed by atoms with Gasteiger partial charge in [0.1, 0.15) is 11.9 Å². The van der Waals surface area contributed by atoms with Crippen molar-refractivity contribution in [3.05, 3.63) is 66.2 Å². The molecule has 1 aliphatic carbocycles. The van der Waals surface area contributed by atoms with Crippen LogP contribution in [0.4, 0.5) is 11.4 Å². The van der Waals surface area contributed by atoms with Gasteiger partial charge in [-0.2, -0.15) is 10.2 Å². The molecule has 1 aliphatic rings. The molecular weight excluding hydrogens is 288 g/mol. The van der Waals surface area contributed by atoms with E-state index in [9.17, 15) is 4.79 Å². The summed E-state index contributed by atoms with van der Waals surface area (Å²) in [4.78, 5) is 11.3. The average molecular weight is 306 g/mol. The number of carbonyl (C=O) groups excluding carboxylic acids is 1. The van der Waals surface area contributed by atoms with Crippen LogP contribution in [0.15, 0.2) is 70.9 Å². The molecule has 1 unspecified atom stereocenters. The zero-order valence-corrected chi connectivity index (χ0v) is 12.8. The largest absolute Gasteiger partial charge is 0.486 e. The van der Waals surface area contributed by atoms with Crippen molar-refractivity contribution in [2.45, 2.75) is 25.4 Å². The summed E-state index contributed by atoms with van der Waals surface area (Å²) in [6.45, 7) is 0. The molecule has 23 heavy (non-hydrogen) atoms. The second-order valence-electron chi connectivity index (χ2n) is 5.39. The Bertz CT molecular complexity index is 723. The molecule has 1 atom stereocenters. The highest BCUT2D eigenvalue weighted by atomic mass is 16.5. The molecule has 4 nitrogen and oxygen atoms in total. The van der Waals surface area contributed by atoms with E-state index in [0.29, 0.717) is 17.0 Å². The van der Waals surface area contributed by atoms with E-state index in [4.69, 9.17) is 4.74 Å². The van der Waals surface area contributed by atoms with E-state index in [-0.39, 0.29) is 6.10 Å². The lowest BCUT2D eigenvalue weighted by molar-refractivity contribution is 0.111. The zero-order chi connectivity index (χ0) is 15.9. The first-order valence-corrected chi connectivity index (χ1v) is 7.74. The Hall–Kier alpha value is -2.75. The maximum Gasteiger partial charge on any atom is 0.153 e. The summed E-state index contributed by atoms with van der Waals surface area (Å²) >= 11 is 0. The summed E-state index contributed by atoms with van der Waals surface area (Å²) in [5.74, 6) is 0.593. The molecule has 0 N–H and O–H groups in total. The SMILES string of the molecule is O=Cc1cc(N=Nc2ccccc2)ccc1OC1C=CCCC1. The minimum atomic E-state index is 0.0410. The first-order chi connectivity index (χ1) is 11.3. The van der Waals surface area contributed by atoms with Crippen LogP contribution < -0.4 is 4.74 Å². The van der Waals surface area contributed by atoms with Gasteiger partial charge in [0.15, 0.2) is 6.29 Å². The van der Waals surface area contributed by atoms with Gasteiger partial charge >= 0.3 is 0 Å². The van der Waals surface area contributed by atoms with Gasteiger partial charge in [0.05, 0.1) is 16.9 Å². The molecule has 116 valence electrons. The third kappa shape index (κ3) is 4.13. The lowest BCUT2D eigenvalue weighted by Crippen LogP contribution is -2.16. The second-order valence-corrected chi connectivity index (χ2v) is 5.39. The van der Waals surface area contributed by atoms with Crippen LogP contribution in [0, 0.1) is 0 Å². The normalized spacial score (nSPS) is 17.3. The van der Waals surface area contributed by atoms with Gasteiger partial charge in [-0.05, 0) is 55.7 Å². The molecular formula is C19H18N2O2. The van der Waals surface area contributed by atoms with Gasteiger partial charge in [-0.3, -0.25) is 4.79 Å². The minimum absolute atomic E-state index is 0.0410. The fraction of sp³-hybridized carbons (Fsp3) is 0.211. The Kier molecular flexibility index (Phi) is 4.94. The monoisotopic (exact) mass is 306 g/mol. The maximum absolute atomic E-state index is 11.3. The molecule has 0 radical (unpaired) electrons. The summed E-state index contributed by atoms with van der Waals surface area (Å²) in [6, 6.07) is 14.8. The van der Waals surface area contributed by atoms with Gasteiger partial charge < -0.3 is 4.74 Å². The fourth-order valence-electron chi connectivity index (χ4n) is 2.45. The van der Waals surface area contributed by atoms with Crippen molar-refractivity contribution in [3.8, 4) is 5.75 Å². The Morgan fingerprint density at radius 3 is 2.61 bits per heavy atom. The number of hydrogen-bond acceptors (Lipinski definition) is 4. The van der Waals surface area contributed by atoms with Gasteiger partial charge in [0.2, 0.25) is 0 Å². The molecule has 3 rings (SSSR count). The van der Waals surface area contributed by atoms with Crippen LogP contribution in [0.1, 0.15) is 29.6 Å². The molecule has 0 spiro atoms. The standard InChI is InChI=1S/C19H18N2O2/c22-14-15-13-17(21-20-16-7-3-1-4-8-16)11-12-19(15)23-18-9-5-2-6-10-18/h1,3-5,7-9,11-14,18H,2,6,10H2. The maximum atomic E-state index is 11.3. The summed E-state index contributed by atoms with van der Waals surface area (Å²) in [5.41, 5.74) is 1.89. The molecule has 2 aromatic carbocycles. The van der Waals surface area contributed by atoms with Crippen molar-refractivity contribution in [3.63, 3.8) is 0 Å². The Balaban J connectivity index is 1.76. The number of allylic oxidation sites excluding steroid dienone is 1. The quantitative estimate of drug-likeness (QED) is 0.422.